The van der Waals surface area contributed by atoms with E-state index in [0.29, 0.717) is 0 Å². The monoisotopic (exact) mass is 411 g/mol. The van der Waals surface area contributed by atoms with Crippen molar-refractivity contribution >= 4 is 29.9 Å². The van der Waals surface area contributed by atoms with Crippen molar-refractivity contribution in [2.45, 2.75) is 52.4 Å². The zero-order valence-corrected chi connectivity index (χ0v) is 16.3. The Morgan fingerprint density at radius 2 is 1.76 bits per heavy atom. The van der Waals surface area contributed by atoms with Crippen LogP contribution in [0.5, 0.6) is 0 Å². The molecule has 1 saturated carbocycles. The molecule has 0 amide bonds. The van der Waals surface area contributed by atoms with E-state index in [1.54, 1.807) is 0 Å². The largest absolute Gasteiger partial charge is 0.382 e. The molecule has 1 aliphatic carbocycles. The lowest BCUT2D eigenvalue weighted by atomic mass is 9.81. The third-order valence-electron chi connectivity index (χ3n) is 4.29. The molecule has 0 heterocycles. The van der Waals surface area contributed by atoms with Gasteiger partial charge in [0, 0.05) is 33.4 Å². The van der Waals surface area contributed by atoms with Gasteiger partial charge in [0.05, 0.1) is 0 Å². The molecule has 0 aliphatic heterocycles. The first-order chi connectivity index (χ1) is 9.80. The van der Waals surface area contributed by atoms with Crippen molar-refractivity contribution in [3.63, 3.8) is 0 Å². The SMILES string of the molecule is CCOCCCNC(=NC)NCC1CCC(CC)CC1.I. The molecule has 0 aromatic rings. The molecule has 0 atom stereocenters. The summed E-state index contributed by atoms with van der Waals surface area (Å²) in [4.78, 5) is 4.27. The van der Waals surface area contributed by atoms with E-state index >= 15 is 0 Å². The molecule has 4 nitrogen and oxygen atoms in total. The van der Waals surface area contributed by atoms with Crippen molar-refractivity contribution in [1.29, 1.82) is 0 Å². The number of hydrogen-bond donors (Lipinski definition) is 2. The molecule has 0 spiro atoms. The van der Waals surface area contributed by atoms with Crippen molar-refractivity contribution < 1.29 is 4.74 Å². The van der Waals surface area contributed by atoms with Gasteiger partial charge < -0.3 is 15.4 Å². The van der Waals surface area contributed by atoms with Gasteiger partial charge in [0.25, 0.3) is 0 Å². The van der Waals surface area contributed by atoms with E-state index in [1.165, 1.54) is 32.1 Å². The zero-order chi connectivity index (χ0) is 14.6. The highest BCUT2D eigenvalue weighted by molar-refractivity contribution is 14.0. The lowest BCUT2D eigenvalue weighted by molar-refractivity contribution is 0.145. The standard InChI is InChI=1S/C16H33N3O.HI/c1-4-14-7-9-15(10-8-14)13-19-16(17-3)18-11-6-12-20-5-2;/h14-15H,4-13H2,1-3H3,(H2,17,18,19);1H. The van der Waals surface area contributed by atoms with E-state index in [-0.39, 0.29) is 24.0 Å². The van der Waals surface area contributed by atoms with E-state index in [1.807, 2.05) is 14.0 Å². The second-order valence-corrected chi connectivity index (χ2v) is 5.73. The molecular formula is C16H34IN3O. The maximum atomic E-state index is 5.32. The van der Waals surface area contributed by atoms with Gasteiger partial charge in [0.1, 0.15) is 0 Å². The summed E-state index contributed by atoms with van der Waals surface area (Å²) in [6, 6.07) is 0. The summed E-state index contributed by atoms with van der Waals surface area (Å²) in [6.07, 6.45) is 7.92. The molecule has 126 valence electrons. The van der Waals surface area contributed by atoms with Crippen LogP contribution in [0.3, 0.4) is 0 Å². The first kappa shape index (κ1) is 21.0. The molecule has 0 aromatic carbocycles. The molecule has 0 unspecified atom stereocenters. The van der Waals surface area contributed by atoms with Gasteiger partial charge in [-0.3, -0.25) is 4.99 Å². The smallest absolute Gasteiger partial charge is 0.190 e. The van der Waals surface area contributed by atoms with Gasteiger partial charge in [-0.2, -0.15) is 0 Å². The Kier molecular flexibility index (Phi) is 13.6. The van der Waals surface area contributed by atoms with Crippen LogP contribution in [-0.2, 0) is 4.74 Å². The van der Waals surface area contributed by atoms with E-state index in [2.05, 4.69) is 22.5 Å². The molecule has 0 saturated heterocycles. The van der Waals surface area contributed by atoms with Crippen LogP contribution in [0.2, 0.25) is 0 Å². The first-order valence-corrected chi connectivity index (χ1v) is 8.32. The van der Waals surface area contributed by atoms with Crippen LogP contribution in [0.15, 0.2) is 4.99 Å². The average molecular weight is 411 g/mol. The van der Waals surface area contributed by atoms with Crippen molar-refractivity contribution in [2.24, 2.45) is 16.8 Å². The number of ether oxygens (including phenoxy) is 1. The van der Waals surface area contributed by atoms with Gasteiger partial charge in [0.15, 0.2) is 5.96 Å². The van der Waals surface area contributed by atoms with E-state index in [4.69, 9.17) is 4.74 Å². The Morgan fingerprint density at radius 1 is 1.10 bits per heavy atom. The van der Waals surface area contributed by atoms with Crippen LogP contribution in [0.1, 0.15) is 52.4 Å². The first-order valence-electron chi connectivity index (χ1n) is 8.32. The molecule has 0 radical (unpaired) electrons. The highest BCUT2D eigenvalue weighted by Gasteiger charge is 2.19. The van der Waals surface area contributed by atoms with Crippen molar-refractivity contribution in [3.05, 3.63) is 0 Å². The lowest BCUT2D eigenvalue weighted by Crippen LogP contribution is -2.41. The Morgan fingerprint density at radius 3 is 2.33 bits per heavy atom. The maximum Gasteiger partial charge on any atom is 0.190 e. The summed E-state index contributed by atoms with van der Waals surface area (Å²) in [5.41, 5.74) is 0. The molecular weight excluding hydrogens is 377 g/mol. The third-order valence-corrected chi connectivity index (χ3v) is 4.29. The van der Waals surface area contributed by atoms with E-state index in [9.17, 15) is 0 Å². The van der Waals surface area contributed by atoms with Gasteiger partial charge >= 0.3 is 0 Å². The van der Waals surface area contributed by atoms with Crippen LogP contribution < -0.4 is 10.6 Å². The number of guanidine groups is 1. The van der Waals surface area contributed by atoms with Gasteiger partial charge in [-0.15, -0.1) is 24.0 Å². The maximum absolute atomic E-state index is 5.32. The van der Waals surface area contributed by atoms with E-state index in [0.717, 1.165) is 50.5 Å². The predicted octanol–water partition coefficient (Wildman–Crippen LogP) is 3.41. The Labute approximate surface area is 147 Å². The van der Waals surface area contributed by atoms with Gasteiger partial charge in [-0.05, 0) is 38.0 Å². The summed E-state index contributed by atoms with van der Waals surface area (Å²) >= 11 is 0. The summed E-state index contributed by atoms with van der Waals surface area (Å²) in [6.45, 7) is 7.94. The molecule has 1 aliphatic rings. The Balaban J connectivity index is 0.00000400. The lowest BCUT2D eigenvalue weighted by Gasteiger charge is -2.28. The highest BCUT2D eigenvalue weighted by atomic mass is 127. The topological polar surface area (TPSA) is 45.6 Å². The number of aliphatic imine (C=N–C) groups is 1. The molecule has 0 aromatic heterocycles. The fourth-order valence-corrected chi connectivity index (χ4v) is 2.83. The number of nitrogens with zero attached hydrogens (tertiary/aromatic N) is 1. The second-order valence-electron chi connectivity index (χ2n) is 5.73. The zero-order valence-electron chi connectivity index (χ0n) is 14.0. The average Bonchev–Trinajstić information content (AvgIpc) is 2.50. The fourth-order valence-electron chi connectivity index (χ4n) is 2.83. The number of nitrogens with one attached hydrogen (secondary N) is 2. The molecule has 1 fully saturated rings. The van der Waals surface area contributed by atoms with Crippen molar-refractivity contribution in [3.8, 4) is 0 Å². The summed E-state index contributed by atoms with van der Waals surface area (Å²) in [5.74, 6) is 2.72. The second kappa shape index (κ2) is 13.6. The molecule has 5 heteroatoms. The van der Waals surface area contributed by atoms with Crippen LogP contribution in [0.25, 0.3) is 0 Å². The van der Waals surface area contributed by atoms with Gasteiger partial charge in [-0.1, -0.05) is 26.2 Å². The van der Waals surface area contributed by atoms with E-state index < -0.39 is 0 Å². The third kappa shape index (κ3) is 9.55. The minimum absolute atomic E-state index is 0. The van der Waals surface area contributed by atoms with Crippen molar-refractivity contribution in [1.82, 2.24) is 10.6 Å². The molecule has 1 rings (SSSR count). The molecule has 0 bridgehead atoms. The molecule has 2 N–H and O–H groups in total. The fraction of sp³-hybridized carbons (Fsp3) is 0.938. The van der Waals surface area contributed by atoms with Gasteiger partial charge in [0.2, 0.25) is 0 Å². The van der Waals surface area contributed by atoms with Crippen molar-refractivity contribution in [2.75, 3.05) is 33.4 Å². The number of halogens is 1. The predicted molar refractivity (Wildman–Crippen MR) is 102 cm³/mol. The normalized spacial score (nSPS) is 22.5. The van der Waals surface area contributed by atoms with Crippen LogP contribution >= 0.6 is 24.0 Å². The summed E-state index contributed by atoms with van der Waals surface area (Å²) in [7, 11) is 1.84. The summed E-state index contributed by atoms with van der Waals surface area (Å²) in [5, 5.41) is 6.81. The summed E-state index contributed by atoms with van der Waals surface area (Å²) < 4.78 is 5.32. The quantitative estimate of drug-likeness (QED) is 0.279. The number of hydrogen-bond acceptors (Lipinski definition) is 2. The highest BCUT2D eigenvalue weighted by Crippen LogP contribution is 2.29. The van der Waals surface area contributed by atoms with Gasteiger partial charge in [-0.25, -0.2) is 0 Å². The molecule has 21 heavy (non-hydrogen) atoms. The minimum Gasteiger partial charge on any atom is -0.382 e. The van der Waals surface area contributed by atoms with Crippen LogP contribution in [0.4, 0.5) is 0 Å². The van der Waals surface area contributed by atoms with Crippen LogP contribution in [-0.4, -0.2) is 39.3 Å². The van der Waals surface area contributed by atoms with Crippen LogP contribution in [0, 0.1) is 11.8 Å². The minimum atomic E-state index is 0. The number of rotatable bonds is 8. The Bertz CT molecular complexity index is 266. The Hall–Kier alpha value is -0.0400.